The van der Waals surface area contributed by atoms with Crippen LogP contribution in [-0.2, 0) is 4.79 Å². The van der Waals surface area contributed by atoms with Crippen molar-refractivity contribution < 1.29 is 15.0 Å². The molecule has 4 rings (SSSR count). The molecule has 0 amide bonds. The first-order valence-electron chi connectivity index (χ1n) is 13.5. The topological polar surface area (TPSA) is 57.5 Å². The third kappa shape index (κ3) is 3.34. The highest BCUT2D eigenvalue weighted by Crippen LogP contribution is 2.73. The molecule has 4 aliphatic carbocycles. The van der Waals surface area contributed by atoms with Gasteiger partial charge in [-0.25, -0.2) is 0 Å². The summed E-state index contributed by atoms with van der Waals surface area (Å²) in [7, 11) is 0. The molecule has 2 fully saturated rings. The molecule has 3 nitrogen and oxygen atoms in total. The van der Waals surface area contributed by atoms with Crippen molar-refractivity contribution in [1.29, 1.82) is 0 Å². The molecule has 0 aromatic heterocycles. The van der Waals surface area contributed by atoms with Crippen LogP contribution in [0.3, 0.4) is 0 Å². The lowest BCUT2D eigenvalue weighted by Crippen LogP contribution is -2.49. The van der Waals surface area contributed by atoms with Crippen LogP contribution in [0.2, 0.25) is 0 Å². The van der Waals surface area contributed by atoms with Gasteiger partial charge >= 0.3 is 5.97 Å². The van der Waals surface area contributed by atoms with E-state index in [1.54, 1.807) is 11.1 Å². The first kappa shape index (κ1) is 25.0. The minimum atomic E-state index is -0.598. The molecule has 8 unspecified atom stereocenters. The van der Waals surface area contributed by atoms with E-state index in [1.807, 2.05) is 6.92 Å². The third-order valence-electron chi connectivity index (χ3n) is 12.1. The zero-order valence-electron chi connectivity index (χ0n) is 22.3. The Morgan fingerprint density at radius 3 is 2.27 bits per heavy atom. The summed E-state index contributed by atoms with van der Waals surface area (Å²) in [5, 5.41) is 21.2. The SMILES string of the molecule is C=C(CC(O)C(C)C1CCC2(C)C3=C(CCC12C)C1(C)CCC(C)(C(=O)O)C1CC3)C(C)C. The summed E-state index contributed by atoms with van der Waals surface area (Å²) in [4.78, 5) is 12.2. The summed E-state index contributed by atoms with van der Waals surface area (Å²) in [5.41, 5.74) is 4.30. The van der Waals surface area contributed by atoms with E-state index in [2.05, 4.69) is 48.1 Å². The van der Waals surface area contributed by atoms with Gasteiger partial charge in [0.2, 0.25) is 0 Å². The number of aliphatic hydroxyl groups is 1. The third-order valence-corrected chi connectivity index (χ3v) is 12.1. The van der Waals surface area contributed by atoms with Crippen LogP contribution >= 0.6 is 0 Å². The number of allylic oxidation sites excluding steroid dienone is 2. The Labute approximate surface area is 202 Å². The van der Waals surface area contributed by atoms with Crippen molar-refractivity contribution in [1.82, 2.24) is 0 Å². The lowest BCUT2D eigenvalue weighted by molar-refractivity contribution is -0.151. The summed E-state index contributed by atoms with van der Waals surface area (Å²) in [6.07, 6.45) is 8.96. The number of carbonyl (C=O) groups is 1. The van der Waals surface area contributed by atoms with Gasteiger partial charge in [0, 0.05) is 0 Å². The average Bonchev–Trinajstić information content (AvgIpc) is 3.19. The summed E-state index contributed by atoms with van der Waals surface area (Å²) in [6.45, 7) is 20.3. The molecule has 3 heteroatoms. The van der Waals surface area contributed by atoms with Gasteiger partial charge in [0.15, 0.2) is 0 Å². The maximum atomic E-state index is 12.2. The number of hydrogen-bond acceptors (Lipinski definition) is 2. The van der Waals surface area contributed by atoms with E-state index < -0.39 is 11.4 Å². The van der Waals surface area contributed by atoms with Gasteiger partial charge in [0.05, 0.1) is 11.5 Å². The Morgan fingerprint density at radius 1 is 1.00 bits per heavy atom. The molecular weight excluding hydrogens is 408 g/mol. The fraction of sp³-hybridized carbons (Fsp3) is 0.833. The number of aliphatic hydroxyl groups excluding tert-OH is 1. The maximum absolute atomic E-state index is 12.2. The lowest BCUT2D eigenvalue weighted by atomic mass is 9.47. The Bertz CT molecular complexity index is 870. The normalized spacial score (nSPS) is 44.3. The van der Waals surface area contributed by atoms with E-state index in [9.17, 15) is 15.0 Å². The number of hydrogen-bond donors (Lipinski definition) is 2. The molecule has 2 saturated carbocycles. The van der Waals surface area contributed by atoms with Crippen molar-refractivity contribution in [2.45, 2.75) is 112 Å². The molecule has 8 atom stereocenters. The van der Waals surface area contributed by atoms with Crippen LogP contribution in [0.4, 0.5) is 0 Å². The molecule has 186 valence electrons. The summed E-state index contributed by atoms with van der Waals surface area (Å²) >= 11 is 0. The summed E-state index contributed by atoms with van der Waals surface area (Å²) in [5.74, 6) is 0.860. The number of aliphatic carboxylic acids is 1. The minimum absolute atomic E-state index is 0.0449. The van der Waals surface area contributed by atoms with Gasteiger partial charge in [-0.15, -0.1) is 0 Å². The maximum Gasteiger partial charge on any atom is 0.309 e. The van der Waals surface area contributed by atoms with Crippen molar-refractivity contribution in [2.75, 3.05) is 0 Å². The second-order valence-corrected chi connectivity index (χ2v) is 13.5. The highest BCUT2D eigenvalue weighted by Gasteiger charge is 2.65. The van der Waals surface area contributed by atoms with Crippen molar-refractivity contribution in [3.8, 4) is 0 Å². The monoisotopic (exact) mass is 456 g/mol. The Hall–Kier alpha value is -1.09. The lowest BCUT2D eigenvalue weighted by Gasteiger charge is -2.57. The molecule has 33 heavy (non-hydrogen) atoms. The smallest absolute Gasteiger partial charge is 0.309 e. The van der Waals surface area contributed by atoms with E-state index >= 15 is 0 Å². The van der Waals surface area contributed by atoms with Crippen LogP contribution in [0, 0.1) is 45.3 Å². The van der Waals surface area contributed by atoms with Crippen LogP contribution in [0.5, 0.6) is 0 Å². The fourth-order valence-corrected chi connectivity index (χ4v) is 9.26. The zero-order chi connectivity index (χ0) is 24.6. The molecule has 0 aliphatic heterocycles. The highest BCUT2D eigenvalue weighted by molar-refractivity contribution is 5.75. The van der Waals surface area contributed by atoms with E-state index in [-0.39, 0.29) is 34.2 Å². The molecule has 0 radical (unpaired) electrons. The van der Waals surface area contributed by atoms with Crippen molar-refractivity contribution >= 4 is 5.97 Å². The largest absolute Gasteiger partial charge is 0.481 e. The van der Waals surface area contributed by atoms with Gasteiger partial charge < -0.3 is 10.2 Å². The molecule has 0 bridgehead atoms. The summed E-state index contributed by atoms with van der Waals surface area (Å²) < 4.78 is 0. The van der Waals surface area contributed by atoms with Crippen LogP contribution in [0.1, 0.15) is 106 Å². The highest BCUT2D eigenvalue weighted by atomic mass is 16.4. The molecule has 0 aromatic rings. The van der Waals surface area contributed by atoms with Crippen molar-refractivity contribution in [3.63, 3.8) is 0 Å². The number of carboxylic acid groups (broad SMARTS) is 1. The van der Waals surface area contributed by atoms with Crippen LogP contribution < -0.4 is 0 Å². The summed E-state index contributed by atoms with van der Waals surface area (Å²) in [6, 6.07) is 0. The Balaban J connectivity index is 1.64. The standard InChI is InChI=1S/C30H48O3/c1-18(2)19(3)17-24(31)20(4)21-11-13-30(8)23-9-10-25-27(5,15-16-28(25,6)26(32)33)22(23)12-14-29(21,30)7/h18,20-21,24-25,31H,3,9-17H2,1-2,4-8H3,(H,32,33). The predicted molar refractivity (Wildman–Crippen MR) is 135 cm³/mol. The van der Waals surface area contributed by atoms with E-state index in [4.69, 9.17) is 0 Å². The minimum Gasteiger partial charge on any atom is -0.481 e. The van der Waals surface area contributed by atoms with Crippen LogP contribution in [0.15, 0.2) is 23.3 Å². The average molecular weight is 457 g/mol. The Kier molecular flexibility index (Phi) is 6.04. The van der Waals surface area contributed by atoms with E-state index in [0.717, 1.165) is 37.7 Å². The number of rotatable bonds is 6. The van der Waals surface area contributed by atoms with E-state index in [0.29, 0.717) is 18.3 Å². The van der Waals surface area contributed by atoms with Gasteiger partial charge in [0.25, 0.3) is 0 Å². The molecule has 0 heterocycles. The van der Waals surface area contributed by atoms with Gasteiger partial charge in [-0.1, -0.05) is 64.8 Å². The van der Waals surface area contributed by atoms with Crippen LogP contribution in [0.25, 0.3) is 0 Å². The Morgan fingerprint density at radius 2 is 1.67 bits per heavy atom. The molecule has 2 N–H and O–H groups in total. The number of fused-ring (bicyclic) bond motifs is 4. The second-order valence-electron chi connectivity index (χ2n) is 13.5. The quantitative estimate of drug-likeness (QED) is 0.409. The van der Waals surface area contributed by atoms with Gasteiger partial charge in [-0.3, -0.25) is 4.79 Å². The van der Waals surface area contributed by atoms with Gasteiger partial charge in [-0.05, 0) is 105 Å². The predicted octanol–water partition coefficient (Wildman–Crippen LogP) is 7.40. The van der Waals surface area contributed by atoms with E-state index in [1.165, 1.54) is 19.3 Å². The van der Waals surface area contributed by atoms with Crippen LogP contribution in [-0.4, -0.2) is 22.3 Å². The van der Waals surface area contributed by atoms with Crippen molar-refractivity contribution in [2.24, 2.45) is 45.3 Å². The van der Waals surface area contributed by atoms with Crippen molar-refractivity contribution in [3.05, 3.63) is 23.3 Å². The van der Waals surface area contributed by atoms with Gasteiger partial charge in [0.1, 0.15) is 0 Å². The zero-order valence-corrected chi connectivity index (χ0v) is 22.3. The molecule has 0 saturated heterocycles. The first-order valence-corrected chi connectivity index (χ1v) is 13.5. The molecule has 4 aliphatic rings. The van der Waals surface area contributed by atoms with Gasteiger partial charge in [-0.2, -0.15) is 0 Å². The first-order chi connectivity index (χ1) is 15.2. The number of carboxylic acids is 1. The molecule has 0 spiro atoms. The molecule has 0 aromatic carbocycles. The molecular formula is C30H48O3. The second kappa shape index (κ2) is 7.97. The fourth-order valence-electron chi connectivity index (χ4n) is 9.26.